The first-order chi connectivity index (χ1) is 14.5. The van der Waals surface area contributed by atoms with Gasteiger partial charge in [-0.1, -0.05) is 48.0 Å². The molecule has 0 bridgehead atoms. The second kappa shape index (κ2) is 7.56. The van der Waals surface area contributed by atoms with Crippen molar-refractivity contribution in [1.29, 1.82) is 0 Å². The maximum Gasteiger partial charge on any atom is 0.241 e. The number of nitrogens with two attached hydrogens (primary N) is 1. The van der Waals surface area contributed by atoms with Crippen LogP contribution in [-0.4, -0.2) is 8.42 Å². The molecule has 5 nitrogen and oxygen atoms in total. The van der Waals surface area contributed by atoms with E-state index in [9.17, 15) is 8.42 Å². The van der Waals surface area contributed by atoms with E-state index in [0.29, 0.717) is 11.6 Å². The number of hydrogen-bond acceptors (Lipinski definition) is 3. The minimum Gasteiger partial charge on any atom is -0.463 e. The summed E-state index contributed by atoms with van der Waals surface area (Å²) < 4.78 is 34.7. The summed E-state index contributed by atoms with van der Waals surface area (Å²) >= 11 is 5.93. The summed E-state index contributed by atoms with van der Waals surface area (Å²) in [5.41, 5.74) is 2.11. The lowest BCUT2D eigenvalue weighted by Gasteiger charge is -2.21. The van der Waals surface area contributed by atoms with Crippen LogP contribution < -0.4 is 10.0 Å². The highest BCUT2D eigenvalue weighted by molar-refractivity contribution is 7.89. The predicted molar refractivity (Wildman–Crippen MR) is 116 cm³/mol. The SMILES string of the molecule is O=S(=O)(N[C@@H]1c2cccc3cccc(c23)[C@H]1[NH2+]Cc1ccco1)c1ccc(Cl)cc1. The highest BCUT2D eigenvalue weighted by Crippen LogP contribution is 2.42. The normalized spacial score (nSPS) is 18.2. The molecule has 0 aliphatic heterocycles. The second-order valence-corrected chi connectivity index (χ2v) is 9.54. The monoisotopic (exact) mass is 439 g/mol. The van der Waals surface area contributed by atoms with Gasteiger partial charge in [-0.2, -0.15) is 4.72 Å². The summed E-state index contributed by atoms with van der Waals surface area (Å²) in [5, 5.41) is 4.85. The van der Waals surface area contributed by atoms with E-state index >= 15 is 0 Å². The van der Waals surface area contributed by atoms with Crippen LogP contribution in [0.3, 0.4) is 0 Å². The number of rotatable bonds is 6. The molecular formula is C23H20ClN2O3S+. The summed E-state index contributed by atoms with van der Waals surface area (Å²) in [6, 6.07) is 21.7. The first kappa shape index (κ1) is 19.3. The molecule has 30 heavy (non-hydrogen) atoms. The van der Waals surface area contributed by atoms with Crippen molar-refractivity contribution in [1.82, 2.24) is 4.72 Å². The van der Waals surface area contributed by atoms with Crippen LogP contribution in [0.15, 0.2) is 88.4 Å². The Morgan fingerprint density at radius 3 is 2.37 bits per heavy atom. The molecule has 0 saturated heterocycles. The van der Waals surface area contributed by atoms with E-state index in [4.69, 9.17) is 16.0 Å². The van der Waals surface area contributed by atoms with Crippen molar-refractivity contribution in [3.8, 4) is 0 Å². The third-order valence-corrected chi connectivity index (χ3v) is 7.29. The van der Waals surface area contributed by atoms with Gasteiger partial charge in [0.1, 0.15) is 18.6 Å². The fraction of sp³-hybridized carbons (Fsp3) is 0.130. The molecule has 3 aromatic carbocycles. The summed E-state index contributed by atoms with van der Waals surface area (Å²) in [6.45, 7) is 0.612. The van der Waals surface area contributed by atoms with Crippen LogP contribution in [0.2, 0.25) is 5.02 Å². The Morgan fingerprint density at radius 1 is 0.933 bits per heavy atom. The molecule has 1 heterocycles. The molecule has 0 unspecified atom stereocenters. The lowest BCUT2D eigenvalue weighted by Crippen LogP contribution is -2.85. The van der Waals surface area contributed by atoms with E-state index in [2.05, 4.69) is 28.2 Å². The lowest BCUT2D eigenvalue weighted by molar-refractivity contribution is -0.715. The van der Waals surface area contributed by atoms with Crippen molar-refractivity contribution in [2.24, 2.45) is 0 Å². The van der Waals surface area contributed by atoms with Crippen molar-refractivity contribution in [3.63, 3.8) is 0 Å². The number of hydrogen-bond donors (Lipinski definition) is 2. The second-order valence-electron chi connectivity index (χ2n) is 7.39. The first-order valence-electron chi connectivity index (χ1n) is 9.68. The number of sulfonamides is 1. The largest absolute Gasteiger partial charge is 0.463 e. The van der Waals surface area contributed by atoms with Gasteiger partial charge in [0.05, 0.1) is 11.2 Å². The number of quaternary nitrogens is 1. The zero-order chi connectivity index (χ0) is 20.7. The molecule has 7 heteroatoms. The van der Waals surface area contributed by atoms with Gasteiger partial charge >= 0.3 is 0 Å². The molecule has 3 N–H and O–H groups in total. The molecule has 152 valence electrons. The van der Waals surface area contributed by atoms with Gasteiger partial charge in [0.25, 0.3) is 0 Å². The maximum atomic E-state index is 13.2. The predicted octanol–water partition coefficient (Wildman–Crippen LogP) is 3.92. The topological polar surface area (TPSA) is 75.9 Å². The van der Waals surface area contributed by atoms with Crippen LogP contribution in [0.25, 0.3) is 10.8 Å². The molecule has 2 atom stereocenters. The quantitative estimate of drug-likeness (QED) is 0.478. The third kappa shape index (κ3) is 3.42. The van der Waals surface area contributed by atoms with Gasteiger partial charge in [0.15, 0.2) is 5.76 Å². The van der Waals surface area contributed by atoms with Gasteiger partial charge in [-0.25, -0.2) is 8.42 Å². The Kier molecular flexibility index (Phi) is 4.87. The van der Waals surface area contributed by atoms with Crippen LogP contribution in [-0.2, 0) is 16.6 Å². The van der Waals surface area contributed by atoms with Gasteiger partial charge in [-0.05, 0) is 52.7 Å². The maximum absolute atomic E-state index is 13.2. The average molecular weight is 440 g/mol. The average Bonchev–Trinajstić information content (AvgIpc) is 3.35. The zero-order valence-corrected chi connectivity index (χ0v) is 17.5. The molecule has 1 aromatic heterocycles. The van der Waals surface area contributed by atoms with Crippen LogP contribution in [0.1, 0.15) is 29.0 Å². The van der Waals surface area contributed by atoms with Crippen molar-refractivity contribution >= 4 is 32.4 Å². The Balaban J connectivity index is 1.54. The van der Waals surface area contributed by atoms with Gasteiger partial charge in [-0.15, -0.1) is 0 Å². The Labute approximate surface area is 179 Å². The van der Waals surface area contributed by atoms with Crippen LogP contribution >= 0.6 is 11.6 Å². The molecule has 1 aliphatic carbocycles. The summed E-state index contributed by atoms with van der Waals surface area (Å²) in [7, 11) is -3.73. The molecule has 0 saturated carbocycles. The summed E-state index contributed by atoms with van der Waals surface area (Å²) in [5.74, 6) is 0.845. The van der Waals surface area contributed by atoms with Gasteiger partial charge in [0, 0.05) is 10.6 Å². The number of nitrogens with one attached hydrogen (secondary N) is 1. The Bertz CT molecular complexity index is 1300. The van der Waals surface area contributed by atoms with E-state index in [1.807, 2.05) is 30.3 Å². The summed E-state index contributed by atoms with van der Waals surface area (Å²) in [6.07, 6.45) is 1.65. The molecule has 5 rings (SSSR count). The van der Waals surface area contributed by atoms with Crippen LogP contribution in [0.4, 0.5) is 0 Å². The van der Waals surface area contributed by atoms with Gasteiger partial charge in [-0.3, -0.25) is 0 Å². The van der Waals surface area contributed by atoms with E-state index < -0.39 is 16.1 Å². The molecule has 0 amide bonds. The summed E-state index contributed by atoms with van der Waals surface area (Å²) in [4.78, 5) is 0.194. The highest BCUT2D eigenvalue weighted by Gasteiger charge is 2.39. The van der Waals surface area contributed by atoms with Gasteiger partial charge in [0.2, 0.25) is 10.0 Å². The van der Waals surface area contributed by atoms with Crippen LogP contribution in [0, 0.1) is 0 Å². The molecule has 0 radical (unpaired) electrons. The zero-order valence-electron chi connectivity index (χ0n) is 16.0. The number of halogens is 1. The standard InChI is InChI=1S/C23H19ClN2O3S/c24-16-9-11-18(12-10-16)30(27,28)26-23-20-8-2-5-15-4-1-7-19(21(15)20)22(23)25-14-17-6-3-13-29-17/h1-13,22-23,25-26H,14H2/p+1/t22-,23-/m1/s1. The Morgan fingerprint density at radius 2 is 1.67 bits per heavy atom. The minimum absolute atomic E-state index is 0.113. The molecular weight excluding hydrogens is 420 g/mol. The van der Waals surface area contributed by atoms with E-state index in [0.717, 1.165) is 27.7 Å². The van der Waals surface area contributed by atoms with Crippen molar-refractivity contribution in [3.05, 3.63) is 101 Å². The highest BCUT2D eigenvalue weighted by atomic mass is 35.5. The first-order valence-corrected chi connectivity index (χ1v) is 11.5. The minimum atomic E-state index is -3.73. The third-order valence-electron chi connectivity index (χ3n) is 5.58. The Hall–Kier alpha value is -2.64. The molecule has 0 spiro atoms. The van der Waals surface area contributed by atoms with Crippen LogP contribution in [0.5, 0.6) is 0 Å². The number of benzene rings is 3. The van der Waals surface area contributed by atoms with Crippen molar-refractivity contribution in [2.75, 3.05) is 0 Å². The molecule has 0 fully saturated rings. The fourth-order valence-corrected chi connectivity index (χ4v) is 5.59. The van der Waals surface area contributed by atoms with E-state index in [1.54, 1.807) is 18.4 Å². The van der Waals surface area contributed by atoms with Crippen molar-refractivity contribution in [2.45, 2.75) is 23.5 Å². The lowest BCUT2D eigenvalue weighted by atomic mass is 10.0. The molecule has 1 aliphatic rings. The van der Waals surface area contributed by atoms with E-state index in [-0.39, 0.29) is 10.9 Å². The van der Waals surface area contributed by atoms with Gasteiger partial charge < -0.3 is 9.73 Å². The van der Waals surface area contributed by atoms with Crippen molar-refractivity contribution < 1.29 is 18.2 Å². The molecule has 4 aromatic rings. The van der Waals surface area contributed by atoms with E-state index in [1.165, 1.54) is 12.1 Å². The smallest absolute Gasteiger partial charge is 0.241 e. The fourth-order valence-electron chi connectivity index (χ4n) is 4.23. The number of furan rings is 1.